The molecule has 2 aromatic rings. The van der Waals surface area contributed by atoms with Crippen molar-refractivity contribution >= 4 is 37.9 Å². The zero-order valence-corrected chi connectivity index (χ0v) is 12.9. The number of thiazole rings is 1. The minimum atomic E-state index is -3.71. The van der Waals surface area contributed by atoms with E-state index in [0.717, 1.165) is 12.8 Å². The molecule has 0 bridgehead atoms. The van der Waals surface area contributed by atoms with E-state index in [9.17, 15) is 8.42 Å². The molecule has 0 unspecified atom stereocenters. The first-order valence-corrected chi connectivity index (χ1v) is 8.93. The Balaban J connectivity index is 1.85. The van der Waals surface area contributed by atoms with Gasteiger partial charge in [0.05, 0.1) is 0 Å². The Kier molecular flexibility index (Phi) is 3.54. The fraction of sp³-hybridized carbons (Fsp3) is 0.545. The summed E-state index contributed by atoms with van der Waals surface area (Å²) in [7, 11) is -3.71. The van der Waals surface area contributed by atoms with Gasteiger partial charge in [-0.3, -0.25) is 4.40 Å². The minimum absolute atomic E-state index is 0.0173. The normalized spacial score (nSPS) is 17.7. The van der Waals surface area contributed by atoms with E-state index >= 15 is 0 Å². The van der Waals surface area contributed by atoms with Crippen LogP contribution in [-0.2, 0) is 10.0 Å². The van der Waals surface area contributed by atoms with E-state index in [0.29, 0.717) is 17.9 Å². The van der Waals surface area contributed by atoms with Crippen LogP contribution in [0.1, 0.15) is 19.3 Å². The summed E-state index contributed by atoms with van der Waals surface area (Å²) in [6.45, 7) is 0.396. The van der Waals surface area contributed by atoms with Crippen LogP contribution in [0, 0.1) is 5.41 Å². The topological polar surface area (TPSA) is 83.7 Å². The number of nitrogens with one attached hydrogen (secondary N) is 1. The molecule has 0 atom stereocenters. The van der Waals surface area contributed by atoms with Gasteiger partial charge in [0.25, 0.3) is 10.0 Å². The van der Waals surface area contributed by atoms with Gasteiger partial charge in [0.15, 0.2) is 15.1 Å². The Labute approximate surface area is 125 Å². The molecule has 1 aliphatic rings. The maximum absolute atomic E-state index is 12.4. The largest absolute Gasteiger partial charge is 0.396 e. The van der Waals surface area contributed by atoms with Crippen molar-refractivity contribution in [3.63, 3.8) is 0 Å². The average molecular weight is 336 g/mol. The molecule has 3 rings (SSSR count). The molecule has 2 N–H and O–H groups in total. The summed E-state index contributed by atoms with van der Waals surface area (Å²) in [4.78, 5) is 4.57. The van der Waals surface area contributed by atoms with Crippen molar-refractivity contribution < 1.29 is 13.5 Å². The molecule has 0 saturated heterocycles. The average Bonchev–Trinajstić information content (AvgIpc) is 2.87. The Bertz CT molecular complexity index is 733. The molecule has 0 amide bonds. The van der Waals surface area contributed by atoms with Crippen LogP contribution in [0.2, 0.25) is 5.15 Å². The summed E-state index contributed by atoms with van der Waals surface area (Å²) in [5.74, 6) is 0. The van der Waals surface area contributed by atoms with Gasteiger partial charge in [-0.2, -0.15) is 0 Å². The van der Waals surface area contributed by atoms with Crippen molar-refractivity contribution in [1.82, 2.24) is 14.1 Å². The van der Waals surface area contributed by atoms with Crippen LogP contribution < -0.4 is 4.72 Å². The van der Waals surface area contributed by atoms with Crippen molar-refractivity contribution in [3.8, 4) is 0 Å². The van der Waals surface area contributed by atoms with Crippen LogP contribution in [0.25, 0.3) is 4.96 Å². The predicted octanol–water partition coefficient (Wildman–Crippen LogP) is 1.49. The Morgan fingerprint density at radius 1 is 1.55 bits per heavy atom. The molecule has 2 aromatic heterocycles. The lowest BCUT2D eigenvalue weighted by Crippen LogP contribution is -2.31. The Hall–Kier alpha value is -0.670. The predicted molar refractivity (Wildman–Crippen MR) is 76.6 cm³/mol. The van der Waals surface area contributed by atoms with E-state index < -0.39 is 10.0 Å². The summed E-state index contributed by atoms with van der Waals surface area (Å²) in [5, 5.41) is 10.7. The highest BCUT2D eigenvalue weighted by atomic mass is 35.5. The first-order chi connectivity index (χ1) is 9.47. The lowest BCUT2D eigenvalue weighted by molar-refractivity contribution is 0.249. The van der Waals surface area contributed by atoms with Gasteiger partial charge in [-0.05, 0) is 24.7 Å². The van der Waals surface area contributed by atoms with E-state index in [4.69, 9.17) is 16.7 Å². The van der Waals surface area contributed by atoms with Gasteiger partial charge in [0.2, 0.25) is 0 Å². The van der Waals surface area contributed by atoms with Crippen molar-refractivity contribution in [3.05, 3.63) is 16.7 Å². The Morgan fingerprint density at radius 3 is 2.95 bits per heavy atom. The van der Waals surface area contributed by atoms with Crippen LogP contribution in [0.3, 0.4) is 0 Å². The zero-order chi connectivity index (χ0) is 14.4. The molecule has 0 radical (unpaired) electrons. The molecule has 9 heteroatoms. The van der Waals surface area contributed by atoms with Gasteiger partial charge in [-0.1, -0.05) is 11.6 Å². The van der Waals surface area contributed by atoms with E-state index in [1.54, 1.807) is 11.6 Å². The minimum Gasteiger partial charge on any atom is -0.396 e. The van der Waals surface area contributed by atoms with Crippen molar-refractivity contribution in [2.75, 3.05) is 13.2 Å². The standard InChI is InChI=1S/C11H14ClN3O3S2/c12-8-9(15-4-6-19-10(15)14-8)20(17,18)13-7-11(1-2-11)3-5-16/h4,6,13,16H,1-3,5,7H2. The van der Waals surface area contributed by atoms with Crippen molar-refractivity contribution in [2.24, 2.45) is 5.41 Å². The molecule has 110 valence electrons. The molecular formula is C11H14ClN3O3S2. The van der Waals surface area contributed by atoms with Gasteiger partial charge in [-0.25, -0.2) is 18.1 Å². The lowest BCUT2D eigenvalue weighted by Gasteiger charge is -2.14. The first kappa shape index (κ1) is 14.3. The maximum Gasteiger partial charge on any atom is 0.259 e. The summed E-state index contributed by atoms with van der Waals surface area (Å²) >= 11 is 7.26. The van der Waals surface area contributed by atoms with Crippen LogP contribution in [0.5, 0.6) is 0 Å². The number of fused-ring (bicyclic) bond motifs is 1. The second kappa shape index (κ2) is 4.96. The molecule has 1 aliphatic carbocycles. The first-order valence-electron chi connectivity index (χ1n) is 6.19. The SMILES string of the molecule is O=S(=O)(NCC1(CCO)CC1)c1c(Cl)nc2sccn12. The number of hydrogen-bond acceptors (Lipinski definition) is 5. The molecule has 20 heavy (non-hydrogen) atoms. The molecule has 1 saturated carbocycles. The monoisotopic (exact) mass is 335 g/mol. The third kappa shape index (κ3) is 2.46. The van der Waals surface area contributed by atoms with Gasteiger partial charge in [-0.15, -0.1) is 11.3 Å². The number of sulfonamides is 1. The number of aromatic nitrogens is 2. The fourth-order valence-electron chi connectivity index (χ4n) is 2.22. The van der Waals surface area contributed by atoms with E-state index in [1.165, 1.54) is 15.7 Å². The second-order valence-corrected chi connectivity index (χ2v) is 7.97. The molecule has 2 heterocycles. The van der Waals surface area contributed by atoms with Gasteiger partial charge >= 0.3 is 0 Å². The number of halogens is 1. The van der Waals surface area contributed by atoms with Gasteiger partial charge in [0.1, 0.15) is 0 Å². The quantitative estimate of drug-likeness (QED) is 0.837. The third-order valence-electron chi connectivity index (χ3n) is 3.67. The molecule has 0 aromatic carbocycles. The molecule has 1 fully saturated rings. The number of nitrogens with zero attached hydrogens (tertiary/aromatic N) is 2. The van der Waals surface area contributed by atoms with Crippen LogP contribution in [-0.4, -0.2) is 36.1 Å². The molecule has 6 nitrogen and oxygen atoms in total. The molecule has 0 aliphatic heterocycles. The van der Waals surface area contributed by atoms with Crippen molar-refractivity contribution in [1.29, 1.82) is 0 Å². The highest BCUT2D eigenvalue weighted by molar-refractivity contribution is 7.89. The number of imidazole rings is 1. The highest BCUT2D eigenvalue weighted by Gasteiger charge is 2.43. The second-order valence-electron chi connectivity index (χ2n) is 5.06. The lowest BCUT2D eigenvalue weighted by atomic mass is 10.0. The van der Waals surface area contributed by atoms with E-state index in [2.05, 4.69) is 9.71 Å². The number of hydrogen-bond donors (Lipinski definition) is 2. The van der Waals surface area contributed by atoms with Crippen LogP contribution in [0.4, 0.5) is 0 Å². The van der Waals surface area contributed by atoms with Crippen LogP contribution >= 0.6 is 22.9 Å². The number of aliphatic hydroxyl groups is 1. The fourth-order valence-corrected chi connectivity index (χ4v) is 4.83. The number of rotatable bonds is 6. The van der Waals surface area contributed by atoms with Crippen molar-refractivity contribution in [2.45, 2.75) is 24.3 Å². The molecular weight excluding hydrogens is 322 g/mol. The Morgan fingerprint density at radius 2 is 2.30 bits per heavy atom. The van der Waals surface area contributed by atoms with Gasteiger partial charge < -0.3 is 5.11 Å². The van der Waals surface area contributed by atoms with E-state index in [1.807, 2.05) is 0 Å². The highest BCUT2D eigenvalue weighted by Crippen LogP contribution is 2.48. The summed E-state index contributed by atoms with van der Waals surface area (Å²) in [6, 6.07) is 0. The molecule has 0 spiro atoms. The smallest absolute Gasteiger partial charge is 0.259 e. The third-order valence-corrected chi connectivity index (χ3v) is 6.23. The number of aliphatic hydroxyl groups excluding tert-OH is 1. The van der Waals surface area contributed by atoms with Gasteiger partial charge in [0, 0.05) is 24.7 Å². The van der Waals surface area contributed by atoms with Crippen LogP contribution in [0.15, 0.2) is 16.6 Å². The summed E-state index contributed by atoms with van der Waals surface area (Å²) in [5.41, 5.74) is -0.0905. The van der Waals surface area contributed by atoms with E-state index in [-0.39, 0.29) is 22.2 Å². The zero-order valence-electron chi connectivity index (χ0n) is 10.5. The maximum atomic E-state index is 12.4. The summed E-state index contributed by atoms with van der Waals surface area (Å²) in [6.07, 6.45) is 4.12. The summed E-state index contributed by atoms with van der Waals surface area (Å²) < 4.78 is 28.8.